The molecule has 104 valence electrons. The number of hydrogen-bond donors (Lipinski definition) is 3. The second kappa shape index (κ2) is 6.21. The van der Waals surface area contributed by atoms with Gasteiger partial charge in [0.05, 0.1) is 0 Å². The van der Waals surface area contributed by atoms with Gasteiger partial charge in [0.25, 0.3) is 0 Å². The molecule has 1 amide bonds. The van der Waals surface area contributed by atoms with Crippen molar-refractivity contribution in [2.24, 2.45) is 11.5 Å². The van der Waals surface area contributed by atoms with E-state index in [0.717, 1.165) is 23.4 Å². The van der Waals surface area contributed by atoms with Gasteiger partial charge in [0, 0.05) is 24.3 Å². The molecule has 0 aliphatic carbocycles. The van der Waals surface area contributed by atoms with E-state index in [9.17, 15) is 4.79 Å². The largest absolute Gasteiger partial charge is 0.381 e. The van der Waals surface area contributed by atoms with Crippen molar-refractivity contribution in [2.75, 3.05) is 5.32 Å². The Kier molecular flexibility index (Phi) is 4.38. The lowest BCUT2D eigenvalue weighted by Crippen LogP contribution is -2.12. The number of nitrogens with one attached hydrogen (secondary N) is 1. The number of anilines is 1. The third-order valence-electron chi connectivity index (χ3n) is 3.25. The van der Waals surface area contributed by atoms with E-state index in [-0.39, 0.29) is 0 Å². The second-order valence-electron chi connectivity index (χ2n) is 4.77. The normalized spacial score (nSPS) is 10.3. The van der Waals surface area contributed by atoms with E-state index in [1.807, 2.05) is 31.2 Å². The molecule has 0 bridgehead atoms. The highest BCUT2D eigenvalue weighted by atomic mass is 16.1. The van der Waals surface area contributed by atoms with Crippen LogP contribution in [0.15, 0.2) is 42.5 Å². The van der Waals surface area contributed by atoms with Crippen LogP contribution in [0.4, 0.5) is 5.69 Å². The molecule has 0 aliphatic rings. The fourth-order valence-electron chi connectivity index (χ4n) is 2.05. The predicted molar refractivity (Wildman–Crippen MR) is 81.4 cm³/mol. The average Bonchev–Trinajstić information content (AvgIpc) is 2.45. The van der Waals surface area contributed by atoms with Gasteiger partial charge in [-0.1, -0.05) is 24.3 Å². The highest BCUT2D eigenvalue weighted by Gasteiger charge is 2.05. The van der Waals surface area contributed by atoms with E-state index in [1.165, 1.54) is 5.56 Å². The Morgan fingerprint density at radius 2 is 1.75 bits per heavy atom. The molecule has 0 aliphatic heterocycles. The van der Waals surface area contributed by atoms with Crippen molar-refractivity contribution in [3.05, 3.63) is 64.7 Å². The molecule has 0 unspecified atom stereocenters. The summed E-state index contributed by atoms with van der Waals surface area (Å²) in [7, 11) is 0. The zero-order valence-corrected chi connectivity index (χ0v) is 11.5. The monoisotopic (exact) mass is 269 g/mol. The van der Waals surface area contributed by atoms with Crippen LogP contribution in [0.3, 0.4) is 0 Å². The summed E-state index contributed by atoms with van der Waals surface area (Å²) in [5.41, 5.74) is 15.6. The lowest BCUT2D eigenvalue weighted by atomic mass is 10.1. The third-order valence-corrected chi connectivity index (χ3v) is 3.25. The molecule has 0 fully saturated rings. The summed E-state index contributed by atoms with van der Waals surface area (Å²) < 4.78 is 0. The highest BCUT2D eigenvalue weighted by Crippen LogP contribution is 2.16. The molecule has 2 aromatic carbocycles. The van der Waals surface area contributed by atoms with Gasteiger partial charge in [-0.15, -0.1) is 0 Å². The maximum atomic E-state index is 11.2. The molecule has 0 radical (unpaired) electrons. The molecular weight excluding hydrogens is 250 g/mol. The van der Waals surface area contributed by atoms with Crippen molar-refractivity contribution in [2.45, 2.75) is 20.0 Å². The molecule has 2 aromatic rings. The number of hydrogen-bond acceptors (Lipinski definition) is 3. The molecule has 0 saturated carbocycles. The topological polar surface area (TPSA) is 81.1 Å². The summed E-state index contributed by atoms with van der Waals surface area (Å²) in [5.74, 6) is -0.397. The van der Waals surface area contributed by atoms with Gasteiger partial charge in [-0.3, -0.25) is 4.79 Å². The average molecular weight is 269 g/mol. The molecule has 0 aromatic heterocycles. The van der Waals surface area contributed by atoms with Crippen molar-refractivity contribution in [3.8, 4) is 0 Å². The number of amides is 1. The number of aryl methyl sites for hydroxylation is 1. The first-order valence-corrected chi connectivity index (χ1v) is 6.52. The van der Waals surface area contributed by atoms with Gasteiger partial charge in [0.1, 0.15) is 0 Å². The summed E-state index contributed by atoms with van der Waals surface area (Å²) in [6.45, 7) is 3.16. The first-order valence-electron chi connectivity index (χ1n) is 6.52. The van der Waals surface area contributed by atoms with Gasteiger partial charge in [-0.2, -0.15) is 0 Å². The molecule has 5 N–H and O–H groups in total. The lowest BCUT2D eigenvalue weighted by molar-refractivity contribution is 0.1000. The van der Waals surface area contributed by atoms with Gasteiger partial charge in [0.2, 0.25) is 5.91 Å². The van der Waals surface area contributed by atoms with Crippen LogP contribution in [0.5, 0.6) is 0 Å². The smallest absolute Gasteiger partial charge is 0.248 e. The van der Waals surface area contributed by atoms with Crippen LogP contribution in [0, 0.1) is 6.92 Å². The molecule has 0 heterocycles. The van der Waals surface area contributed by atoms with Crippen molar-refractivity contribution < 1.29 is 4.79 Å². The van der Waals surface area contributed by atoms with Gasteiger partial charge >= 0.3 is 0 Å². The Balaban J connectivity index is 2.03. The molecule has 4 nitrogen and oxygen atoms in total. The number of benzene rings is 2. The van der Waals surface area contributed by atoms with E-state index < -0.39 is 5.91 Å². The zero-order chi connectivity index (χ0) is 14.5. The number of nitrogens with two attached hydrogens (primary N) is 2. The summed E-state index contributed by atoms with van der Waals surface area (Å²) in [4.78, 5) is 11.2. The van der Waals surface area contributed by atoms with Crippen LogP contribution >= 0.6 is 0 Å². The van der Waals surface area contributed by atoms with Crippen molar-refractivity contribution >= 4 is 11.6 Å². The molecule has 0 spiro atoms. The Hall–Kier alpha value is -2.33. The summed E-state index contributed by atoms with van der Waals surface area (Å²) in [5, 5.41) is 3.32. The van der Waals surface area contributed by atoms with Crippen LogP contribution in [-0.4, -0.2) is 5.91 Å². The van der Waals surface area contributed by atoms with E-state index in [4.69, 9.17) is 11.5 Å². The molecule has 0 saturated heterocycles. The Labute approximate surface area is 118 Å². The Bertz CT molecular complexity index is 606. The fourth-order valence-corrected chi connectivity index (χ4v) is 2.05. The minimum Gasteiger partial charge on any atom is -0.381 e. The van der Waals surface area contributed by atoms with Gasteiger partial charge < -0.3 is 16.8 Å². The molecule has 4 heteroatoms. The van der Waals surface area contributed by atoms with E-state index in [2.05, 4.69) is 17.4 Å². The third kappa shape index (κ3) is 3.36. The van der Waals surface area contributed by atoms with Gasteiger partial charge in [0.15, 0.2) is 0 Å². The van der Waals surface area contributed by atoms with E-state index in [1.54, 1.807) is 6.07 Å². The predicted octanol–water partition coefficient (Wildman–Crippen LogP) is 2.16. The zero-order valence-electron chi connectivity index (χ0n) is 11.5. The van der Waals surface area contributed by atoms with Gasteiger partial charge in [-0.25, -0.2) is 0 Å². The minimum absolute atomic E-state index is 0.397. The fraction of sp³-hybridized carbons (Fsp3) is 0.188. The molecule has 2 rings (SSSR count). The van der Waals surface area contributed by atoms with Crippen molar-refractivity contribution in [1.29, 1.82) is 0 Å². The summed E-state index contributed by atoms with van der Waals surface area (Å²) >= 11 is 0. The number of rotatable bonds is 5. The first kappa shape index (κ1) is 14.1. The maximum absolute atomic E-state index is 11.2. The maximum Gasteiger partial charge on any atom is 0.248 e. The number of carbonyl (C=O) groups is 1. The van der Waals surface area contributed by atoms with Crippen LogP contribution in [-0.2, 0) is 13.1 Å². The van der Waals surface area contributed by atoms with Crippen molar-refractivity contribution in [1.82, 2.24) is 0 Å². The quantitative estimate of drug-likeness (QED) is 0.778. The van der Waals surface area contributed by atoms with Crippen LogP contribution in [0.25, 0.3) is 0 Å². The lowest BCUT2D eigenvalue weighted by Gasteiger charge is -2.09. The number of primary amides is 1. The van der Waals surface area contributed by atoms with Crippen LogP contribution < -0.4 is 16.8 Å². The van der Waals surface area contributed by atoms with Crippen molar-refractivity contribution in [3.63, 3.8) is 0 Å². The number of carbonyl (C=O) groups excluding carboxylic acids is 1. The minimum atomic E-state index is -0.397. The Morgan fingerprint density at radius 3 is 2.30 bits per heavy atom. The first-order chi connectivity index (χ1) is 9.60. The second-order valence-corrected chi connectivity index (χ2v) is 4.77. The summed E-state index contributed by atoms with van der Waals surface area (Å²) in [6.07, 6.45) is 0. The van der Waals surface area contributed by atoms with E-state index in [0.29, 0.717) is 12.1 Å². The van der Waals surface area contributed by atoms with E-state index >= 15 is 0 Å². The molecule has 20 heavy (non-hydrogen) atoms. The molecule has 0 atom stereocenters. The van der Waals surface area contributed by atoms with Crippen LogP contribution in [0.2, 0.25) is 0 Å². The highest BCUT2D eigenvalue weighted by molar-refractivity contribution is 5.94. The van der Waals surface area contributed by atoms with Crippen LogP contribution in [0.1, 0.15) is 27.0 Å². The standard InChI is InChI=1S/C16H19N3O/c1-11-8-14(6-7-15(11)16(18)20)19-10-13-4-2-12(9-17)3-5-13/h2-8,19H,9-10,17H2,1H3,(H2,18,20). The summed E-state index contributed by atoms with van der Waals surface area (Å²) in [6, 6.07) is 13.7. The molecular formula is C16H19N3O. The Morgan fingerprint density at radius 1 is 1.10 bits per heavy atom. The van der Waals surface area contributed by atoms with Gasteiger partial charge in [-0.05, 0) is 41.8 Å². The SMILES string of the molecule is Cc1cc(NCc2ccc(CN)cc2)ccc1C(N)=O.